The fourth-order valence-electron chi connectivity index (χ4n) is 3.38. The maximum absolute atomic E-state index is 13.2. The number of carboxylic acid groups (broad SMARTS) is 1. The number of morpholine rings is 1. The van der Waals surface area contributed by atoms with Gasteiger partial charge in [-0.25, -0.2) is 4.98 Å². The van der Waals surface area contributed by atoms with Gasteiger partial charge in [-0.3, -0.25) is 9.59 Å². The average molecular weight is 392 g/mol. The number of carboxylic acids is 1. The molecule has 1 fully saturated rings. The average Bonchev–Trinajstić information content (AvgIpc) is 3.24. The molecule has 1 atom stereocenters. The Labute approximate surface area is 167 Å². The molecular weight excluding hydrogens is 372 g/mol. The number of rotatable bonds is 5. The second kappa shape index (κ2) is 8.28. The standard InChI is InChI=1S/C22H20N2O5/c25-20(26)12-16-14-24(10-11-28-16)22(27)18-9-5-4-8-17(18)21-23-13-19(29-21)15-6-2-1-3-7-15/h1-9,13,16H,10-12,14H2,(H,25,26)/t16-/m0/s1. The minimum absolute atomic E-state index is 0.133. The largest absolute Gasteiger partial charge is 0.481 e. The first-order chi connectivity index (χ1) is 14.1. The second-order valence-corrected chi connectivity index (χ2v) is 6.78. The van der Waals surface area contributed by atoms with Crippen molar-refractivity contribution < 1.29 is 23.8 Å². The van der Waals surface area contributed by atoms with Gasteiger partial charge < -0.3 is 19.2 Å². The van der Waals surface area contributed by atoms with Crippen LogP contribution in [-0.4, -0.2) is 52.7 Å². The van der Waals surface area contributed by atoms with Crippen molar-refractivity contribution in [2.45, 2.75) is 12.5 Å². The van der Waals surface area contributed by atoms with Crippen molar-refractivity contribution >= 4 is 11.9 Å². The van der Waals surface area contributed by atoms with E-state index in [0.29, 0.717) is 35.9 Å². The highest BCUT2D eigenvalue weighted by Gasteiger charge is 2.28. The highest BCUT2D eigenvalue weighted by atomic mass is 16.5. The van der Waals surface area contributed by atoms with Gasteiger partial charge in [-0.2, -0.15) is 0 Å². The summed E-state index contributed by atoms with van der Waals surface area (Å²) in [7, 11) is 0. The summed E-state index contributed by atoms with van der Waals surface area (Å²) in [5.41, 5.74) is 1.96. The first-order valence-corrected chi connectivity index (χ1v) is 9.35. The molecule has 2 aromatic carbocycles. The third-order valence-electron chi connectivity index (χ3n) is 4.78. The summed E-state index contributed by atoms with van der Waals surface area (Å²) in [6.45, 7) is 0.952. The van der Waals surface area contributed by atoms with Crippen molar-refractivity contribution in [2.24, 2.45) is 0 Å². The number of carbonyl (C=O) groups is 2. The van der Waals surface area contributed by atoms with E-state index >= 15 is 0 Å². The van der Waals surface area contributed by atoms with E-state index in [1.165, 1.54) is 0 Å². The summed E-state index contributed by atoms with van der Waals surface area (Å²) < 4.78 is 11.4. The normalized spacial score (nSPS) is 16.6. The highest BCUT2D eigenvalue weighted by Crippen LogP contribution is 2.29. The number of nitrogens with zero attached hydrogens (tertiary/aromatic N) is 2. The summed E-state index contributed by atoms with van der Waals surface area (Å²) in [6, 6.07) is 16.7. The zero-order valence-electron chi connectivity index (χ0n) is 15.7. The topological polar surface area (TPSA) is 92.9 Å². The van der Waals surface area contributed by atoms with Gasteiger partial charge in [-0.1, -0.05) is 42.5 Å². The number of hydrogen-bond donors (Lipinski definition) is 1. The van der Waals surface area contributed by atoms with Crippen LogP contribution in [0.2, 0.25) is 0 Å². The first-order valence-electron chi connectivity index (χ1n) is 9.35. The van der Waals surface area contributed by atoms with Crippen LogP contribution in [0.3, 0.4) is 0 Å². The van der Waals surface area contributed by atoms with E-state index in [2.05, 4.69) is 4.98 Å². The van der Waals surface area contributed by atoms with E-state index in [1.807, 2.05) is 36.4 Å². The number of hydrogen-bond acceptors (Lipinski definition) is 5. The van der Waals surface area contributed by atoms with E-state index in [9.17, 15) is 9.59 Å². The maximum atomic E-state index is 13.2. The van der Waals surface area contributed by atoms with E-state index in [4.69, 9.17) is 14.3 Å². The van der Waals surface area contributed by atoms with E-state index < -0.39 is 12.1 Å². The van der Waals surface area contributed by atoms with Gasteiger partial charge in [-0.15, -0.1) is 0 Å². The molecule has 1 amide bonds. The molecule has 1 aliphatic heterocycles. The van der Waals surface area contributed by atoms with E-state index in [-0.39, 0.29) is 18.9 Å². The van der Waals surface area contributed by atoms with Crippen LogP contribution in [0.15, 0.2) is 65.2 Å². The lowest BCUT2D eigenvalue weighted by molar-refractivity contribution is -0.141. The zero-order chi connectivity index (χ0) is 20.2. The second-order valence-electron chi connectivity index (χ2n) is 6.78. The molecular formula is C22H20N2O5. The van der Waals surface area contributed by atoms with Crippen LogP contribution >= 0.6 is 0 Å². The van der Waals surface area contributed by atoms with Gasteiger partial charge in [-0.05, 0) is 12.1 Å². The highest BCUT2D eigenvalue weighted by molar-refractivity contribution is 6.00. The smallest absolute Gasteiger partial charge is 0.306 e. The molecule has 7 heteroatoms. The van der Waals surface area contributed by atoms with Crippen LogP contribution in [0.5, 0.6) is 0 Å². The molecule has 0 bridgehead atoms. The molecule has 3 aromatic rings. The van der Waals surface area contributed by atoms with Gasteiger partial charge in [0, 0.05) is 24.2 Å². The third kappa shape index (κ3) is 4.20. The Hall–Kier alpha value is -3.45. The summed E-state index contributed by atoms with van der Waals surface area (Å²) in [5, 5.41) is 8.99. The number of benzene rings is 2. The predicted molar refractivity (Wildman–Crippen MR) is 105 cm³/mol. The maximum Gasteiger partial charge on any atom is 0.306 e. The molecule has 29 heavy (non-hydrogen) atoms. The lowest BCUT2D eigenvalue weighted by atomic mass is 10.1. The minimum Gasteiger partial charge on any atom is -0.481 e. The lowest BCUT2D eigenvalue weighted by Gasteiger charge is -2.32. The molecule has 4 rings (SSSR count). The number of ether oxygens (including phenoxy) is 1. The first kappa shape index (κ1) is 18.9. The molecule has 1 saturated heterocycles. The van der Waals surface area contributed by atoms with E-state index in [0.717, 1.165) is 5.56 Å². The summed E-state index contributed by atoms with van der Waals surface area (Å²) >= 11 is 0. The molecule has 0 radical (unpaired) electrons. The number of amides is 1. The molecule has 1 aliphatic rings. The van der Waals surface area contributed by atoms with Crippen molar-refractivity contribution in [3.8, 4) is 22.8 Å². The lowest BCUT2D eigenvalue weighted by Crippen LogP contribution is -2.46. The van der Waals surface area contributed by atoms with Crippen LogP contribution < -0.4 is 0 Å². The molecule has 2 heterocycles. The SMILES string of the molecule is O=C(O)C[C@H]1CN(C(=O)c2ccccc2-c2ncc(-c3ccccc3)o2)CCO1. The Morgan fingerprint density at radius 2 is 1.86 bits per heavy atom. The number of oxazole rings is 1. The zero-order valence-corrected chi connectivity index (χ0v) is 15.7. The number of aliphatic carboxylic acids is 1. The Bertz CT molecular complexity index is 1010. The van der Waals surface area contributed by atoms with Crippen molar-refractivity contribution in [3.63, 3.8) is 0 Å². The molecule has 0 aliphatic carbocycles. The number of carbonyl (C=O) groups excluding carboxylic acids is 1. The minimum atomic E-state index is -0.946. The molecule has 0 unspecified atom stereocenters. The molecule has 1 N–H and O–H groups in total. The van der Waals surface area contributed by atoms with Crippen molar-refractivity contribution in [1.82, 2.24) is 9.88 Å². The van der Waals surface area contributed by atoms with Gasteiger partial charge in [0.25, 0.3) is 5.91 Å². The van der Waals surface area contributed by atoms with Crippen LogP contribution in [-0.2, 0) is 9.53 Å². The predicted octanol–water partition coefficient (Wildman–Crippen LogP) is 3.32. The van der Waals surface area contributed by atoms with Crippen molar-refractivity contribution in [1.29, 1.82) is 0 Å². The fourth-order valence-corrected chi connectivity index (χ4v) is 3.38. The summed E-state index contributed by atoms with van der Waals surface area (Å²) in [5.74, 6) is -0.157. The monoisotopic (exact) mass is 392 g/mol. The molecule has 0 spiro atoms. The van der Waals surface area contributed by atoms with Crippen LogP contribution in [0.1, 0.15) is 16.8 Å². The van der Waals surface area contributed by atoms with Crippen LogP contribution in [0.25, 0.3) is 22.8 Å². The Kier molecular flexibility index (Phi) is 5.39. The number of aromatic nitrogens is 1. The van der Waals surface area contributed by atoms with Crippen LogP contribution in [0.4, 0.5) is 0 Å². The van der Waals surface area contributed by atoms with E-state index in [1.54, 1.807) is 29.3 Å². The van der Waals surface area contributed by atoms with Crippen LogP contribution in [0, 0.1) is 0 Å². The third-order valence-corrected chi connectivity index (χ3v) is 4.78. The van der Waals surface area contributed by atoms with Gasteiger partial charge >= 0.3 is 5.97 Å². The fraction of sp³-hybridized carbons (Fsp3) is 0.227. The molecule has 1 aromatic heterocycles. The Morgan fingerprint density at radius 1 is 1.10 bits per heavy atom. The molecule has 0 saturated carbocycles. The summed E-state index contributed by atoms with van der Waals surface area (Å²) in [4.78, 5) is 30.1. The molecule has 7 nitrogen and oxygen atoms in total. The van der Waals surface area contributed by atoms with Gasteiger partial charge in [0.15, 0.2) is 5.76 Å². The van der Waals surface area contributed by atoms with Gasteiger partial charge in [0.1, 0.15) is 0 Å². The van der Waals surface area contributed by atoms with Crippen molar-refractivity contribution in [2.75, 3.05) is 19.7 Å². The molecule has 148 valence electrons. The Morgan fingerprint density at radius 3 is 2.66 bits per heavy atom. The summed E-state index contributed by atoms with van der Waals surface area (Å²) in [6.07, 6.45) is 0.999. The van der Waals surface area contributed by atoms with Gasteiger partial charge in [0.05, 0.1) is 30.9 Å². The Balaban J connectivity index is 1.60. The van der Waals surface area contributed by atoms with Gasteiger partial charge in [0.2, 0.25) is 5.89 Å². The quantitative estimate of drug-likeness (QED) is 0.716. The van der Waals surface area contributed by atoms with Crippen molar-refractivity contribution in [3.05, 3.63) is 66.4 Å².